The first kappa shape index (κ1) is 33.0. The SMILES string of the molecule is CC[C@@H]1C[C@@H](OC)/C=C/CCCS(=O)(NC(=O)C2CCC2)=NC(=O)c2ccc3c(c2)N(C1)C[C@@]1(CCCc2cc(Cl)ccc21)CO3. The van der Waals surface area contributed by atoms with Gasteiger partial charge in [0.15, 0.2) is 0 Å². The third-order valence-electron chi connectivity index (χ3n) is 10.3. The van der Waals surface area contributed by atoms with Crippen molar-refractivity contribution in [3.8, 4) is 5.75 Å². The van der Waals surface area contributed by atoms with Gasteiger partial charge in [0.25, 0.3) is 5.91 Å². The lowest BCUT2D eigenvalue weighted by molar-refractivity contribution is -0.125. The molecule has 10 heteroatoms. The maximum Gasteiger partial charge on any atom is 0.286 e. The fourth-order valence-electron chi connectivity index (χ4n) is 7.37. The van der Waals surface area contributed by atoms with Crippen LogP contribution in [0, 0.1) is 11.8 Å². The molecule has 0 saturated heterocycles. The minimum absolute atomic E-state index is 0.0627. The zero-order valence-electron chi connectivity index (χ0n) is 27.0. The molecule has 1 saturated carbocycles. The molecule has 4 atom stereocenters. The molecular formula is C36H46ClN3O5S. The molecule has 248 valence electrons. The smallest absolute Gasteiger partial charge is 0.286 e. The molecule has 2 bridgehead atoms. The lowest BCUT2D eigenvalue weighted by Gasteiger charge is -2.41. The van der Waals surface area contributed by atoms with E-state index in [4.69, 9.17) is 21.1 Å². The average Bonchev–Trinajstić information content (AvgIpc) is 3.15. The number of methoxy groups -OCH3 is 1. The first-order chi connectivity index (χ1) is 22.2. The Balaban J connectivity index is 1.42. The summed E-state index contributed by atoms with van der Waals surface area (Å²) in [5.41, 5.74) is 3.47. The van der Waals surface area contributed by atoms with Crippen LogP contribution in [0.15, 0.2) is 52.9 Å². The van der Waals surface area contributed by atoms with Gasteiger partial charge >= 0.3 is 0 Å². The van der Waals surface area contributed by atoms with E-state index in [1.54, 1.807) is 13.2 Å². The molecule has 1 fully saturated rings. The zero-order chi connectivity index (χ0) is 32.3. The van der Waals surface area contributed by atoms with Gasteiger partial charge in [-0.1, -0.05) is 49.6 Å². The quantitative estimate of drug-likeness (QED) is 0.352. The predicted molar refractivity (Wildman–Crippen MR) is 183 cm³/mol. The van der Waals surface area contributed by atoms with E-state index < -0.39 is 15.8 Å². The number of carbonyl (C=O) groups is 2. The topological polar surface area (TPSA) is 97.3 Å². The van der Waals surface area contributed by atoms with Gasteiger partial charge < -0.3 is 14.4 Å². The summed E-state index contributed by atoms with van der Waals surface area (Å²) in [6, 6.07) is 11.6. The number of allylic oxidation sites excluding steroid dienone is 1. The normalized spacial score (nSPS) is 29.5. The van der Waals surface area contributed by atoms with Crippen molar-refractivity contribution in [2.24, 2.45) is 16.2 Å². The molecule has 2 amide bonds. The van der Waals surface area contributed by atoms with Gasteiger partial charge in [-0.2, -0.15) is 0 Å². The Morgan fingerprint density at radius 3 is 2.80 bits per heavy atom. The number of aryl methyl sites for hydroxylation is 1. The molecule has 6 rings (SSSR count). The lowest BCUT2D eigenvalue weighted by Crippen LogP contribution is -2.47. The van der Waals surface area contributed by atoms with Crippen molar-refractivity contribution < 1.29 is 23.3 Å². The molecule has 0 radical (unpaired) electrons. The number of fused-ring (bicyclic) bond motifs is 3. The number of hydrogen-bond donors (Lipinski definition) is 1. The van der Waals surface area contributed by atoms with Gasteiger partial charge in [0.1, 0.15) is 15.7 Å². The van der Waals surface area contributed by atoms with Crippen LogP contribution in [0.1, 0.15) is 86.2 Å². The molecule has 1 unspecified atom stereocenters. The Bertz CT molecular complexity index is 1610. The fraction of sp³-hybridized carbons (Fsp3) is 0.556. The van der Waals surface area contributed by atoms with Crippen LogP contribution in [0.4, 0.5) is 5.69 Å². The summed E-state index contributed by atoms with van der Waals surface area (Å²) < 4.78 is 33.5. The number of nitrogens with one attached hydrogen (secondary N) is 1. The summed E-state index contributed by atoms with van der Waals surface area (Å²) >= 11 is 6.43. The highest BCUT2D eigenvalue weighted by Gasteiger charge is 2.42. The van der Waals surface area contributed by atoms with Gasteiger partial charge in [0, 0.05) is 42.1 Å². The second-order valence-corrected chi connectivity index (χ2v) is 16.0. The van der Waals surface area contributed by atoms with E-state index in [0.717, 1.165) is 75.2 Å². The number of ether oxygens (including phenoxy) is 2. The molecule has 1 N–H and O–H groups in total. The monoisotopic (exact) mass is 667 g/mol. The van der Waals surface area contributed by atoms with E-state index >= 15 is 0 Å². The number of carbonyl (C=O) groups excluding carboxylic acids is 2. The van der Waals surface area contributed by atoms with E-state index in [0.29, 0.717) is 36.7 Å². The molecule has 2 aromatic rings. The molecule has 8 nitrogen and oxygen atoms in total. The van der Waals surface area contributed by atoms with Crippen LogP contribution in [-0.4, -0.2) is 54.7 Å². The van der Waals surface area contributed by atoms with E-state index in [2.05, 4.69) is 45.2 Å². The maximum absolute atomic E-state index is 14.1. The van der Waals surface area contributed by atoms with Crippen molar-refractivity contribution >= 4 is 39.0 Å². The Morgan fingerprint density at radius 2 is 2.04 bits per heavy atom. The summed E-state index contributed by atoms with van der Waals surface area (Å²) in [4.78, 5) is 29.0. The van der Waals surface area contributed by atoms with Gasteiger partial charge in [-0.15, -0.1) is 4.36 Å². The number of rotatable bonds is 4. The Hall–Kier alpha value is -2.88. The van der Waals surface area contributed by atoms with Crippen LogP contribution in [0.2, 0.25) is 5.02 Å². The highest BCUT2D eigenvalue weighted by Crippen LogP contribution is 2.45. The minimum atomic E-state index is -3.31. The molecule has 0 aromatic heterocycles. The molecule has 1 spiro atoms. The van der Waals surface area contributed by atoms with Crippen LogP contribution in [0.5, 0.6) is 5.75 Å². The predicted octanol–water partition coefficient (Wildman–Crippen LogP) is 7.03. The number of halogens is 1. The fourth-order valence-corrected chi connectivity index (χ4v) is 9.22. The highest BCUT2D eigenvalue weighted by atomic mass is 35.5. The first-order valence-electron chi connectivity index (χ1n) is 16.8. The molecule has 2 aliphatic carbocycles. The Labute approximate surface area is 278 Å². The molecule has 2 aromatic carbocycles. The summed E-state index contributed by atoms with van der Waals surface area (Å²) in [6.07, 6.45) is 12.6. The summed E-state index contributed by atoms with van der Waals surface area (Å²) in [5.74, 6) is 0.111. The van der Waals surface area contributed by atoms with E-state index in [-0.39, 0.29) is 29.1 Å². The maximum atomic E-state index is 14.1. The second kappa shape index (κ2) is 14.1. The van der Waals surface area contributed by atoms with Crippen LogP contribution >= 0.6 is 11.6 Å². The van der Waals surface area contributed by atoms with E-state index in [1.807, 2.05) is 18.2 Å². The first-order valence-corrected chi connectivity index (χ1v) is 18.9. The summed E-state index contributed by atoms with van der Waals surface area (Å²) in [6.45, 7) is 4.22. The average molecular weight is 668 g/mol. The molecule has 2 aliphatic heterocycles. The highest BCUT2D eigenvalue weighted by molar-refractivity contribution is 7.92. The van der Waals surface area contributed by atoms with Crippen LogP contribution in [0.3, 0.4) is 0 Å². The molecule has 2 heterocycles. The number of hydrogen-bond acceptors (Lipinski definition) is 6. The molecular weight excluding hydrogens is 622 g/mol. The minimum Gasteiger partial charge on any atom is -0.490 e. The van der Waals surface area contributed by atoms with Gasteiger partial charge in [0.05, 0.1) is 24.2 Å². The number of anilines is 1. The van der Waals surface area contributed by atoms with Crippen molar-refractivity contribution in [3.63, 3.8) is 0 Å². The van der Waals surface area contributed by atoms with Crippen LogP contribution in [-0.2, 0) is 31.3 Å². The van der Waals surface area contributed by atoms with Crippen molar-refractivity contribution in [3.05, 3.63) is 70.3 Å². The van der Waals surface area contributed by atoms with Crippen molar-refractivity contribution in [2.75, 3.05) is 37.5 Å². The van der Waals surface area contributed by atoms with Crippen LogP contribution in [0.25, 0.3) is 0 Å². The van der Waals surface area contributed by atoms with Crippen LogP contribution < -0.4 is 14.4 Å². The largest absolute Gasteiger partial charge is 0.490 e. The van der Waals surface area contributed by atoms with Gasteiger partial charge in [-0.25, -0.2) is 4.21 Å². The molecule has 46 heavy (non-hydrogen) atoms. The van der Waals surface area contributed by atoms with Crippen molar-refractivity contribution in [2.45, 2.75) is 82.7 Å². The third kappa shape index (κ3) is 7.16. The molecule has 4 aliphatic rings. The number of benzene rings is 2. The summed E-state index contributed by atoms with van der Waals surface area (Å²) in [5, 5.41) is 0.746. The summed E-state index contributed by atoms with van der Waals surface area (Å²) in [7, 11) is -1.57. The third-order valence-corrected chi connectivity index (χ3v) is 12.4. The number of nitrogens with zero attached hydrogens (tertiary/aromatic N) is 2. The van der Waals surface area contributed by atoms with Gasteiger partial charge in [0.2, 0.25) is 5.91 Å². The van der Waals surface area contributed by atoms with E-state index in [9.17, 15) is 13.8 Å². The Kier molecular flexibility index (Phi) is 10.1. The number of amides is 2. The second-order valence-electron chi connectivity index (χ2n) is 13.5. The van der Waals surface area contributed by atoms with Crippen molar-refractivity contribution in [1.29, 1.82) is 0 Å². The van der Waals surface area contributed by atoms with Crippen molar-refractivity contribution in [1.82, 2.24) is 4.72 Å². The Morgan fingerprint density at radius 1 is 1.20 bits per heavy atom. The standard InChI is InChI=1S/C36H46ClN3O5S/c1-3-25-19-30(44-2)12-5-4-6-18-46(43,38-34(41)26-9-7-10-26)39-35(42)28-13-16-33-32(21-28)40(22-25)23-36(24-45-33)17-8-11-27-20-29(37)14-15-31(27)36/h5,12-16,20-21,25-26,30H,3-4,6-11,17-19,22-24H2,1-2H3,(H,38,39,41,42,43)/b12-5+/t25-,30+,36+,46?/m1/s1. The lowest BCUT2D eigenvalue weighted by atomic mass is 9.70. The zero-order valence-corrected chi connectivity index (χ0v) is 28.5. The van der Waals surface area contributed by atoms with E-state index in [1.165, 1.54) is 11.1 Å². The van der Waals surface area contributed by atoms with Gasteiger partial charge in [-0.05, 0) is 98.7 Å². The van der Waals surface area contributed by atoms with Gasteiger partial charge in [-0.3, -0.25) is 14.3 Å².